The molecule has 1 heterocycles. The first-order valence-electron chi connectivity index (χ1n) is 7.09. The van der Waals surface area contributed by atoms with Gasteiger partial charge in [0.1, 0.15) is 0 Å². The van der Waals surface area contributed by atoms with E-state index in [0.717, 1.165) is 5.69 Å². The average molecular weight is 303 g/mol. The molecule has 0 aliphatic carbocycles. The van der Waals surface area contributed by atoms with Crippen LogP contribution in [-0.2, 0) is 4.79 Å². The number of fused-ring (bicyclic) bond motifs is 1. The van der Waals surface area contributed by atoms with Gasteiger partial charge in [-0.05, 0) is 26.8 Å². The maximum Gasteiger partial charge on any atom is 0.332 e. The van der Waals surface area contributed by atoms with Gasteiger partial charge in [0.2, 0.25) is 0 Å². The van der Waals surface area contributed by atoms with E-state index >= 15 is 0 Å². The van der Waals surface area contributed by atoms with Gasteiger partial charge in [-0.2, -0.15) is 5.10 Å². The van der Waals surface area contributed by atoms with E-state index in [-0.39, 0.29) is 17.2 Å². The molecule has 7 heteroatoms. The van der Waals surface area contributed by atoms with E-state index in [1.807, 2.05) is 18.2 Å². The molecule has 0 saturated heterocycles. The highest BCUT2D eigenvalue weighted by molar-refractivity contribution is 6.54. The quantitative estimate of drug-likeness (QED) is 0.717. The van der Waals surface area contributed by atoms with Crippen LogP contribution in [0, 0.1) is 0 Å². The van der Waals surface area contributed by atoms with Crippen molar-refractivity contribution in [2.75, 3.05) is 18.0 Å². The van der Waals surface area contributed by atoms with Crippen molar-refractivity contribution in [1.29, 1.82) is 0 Å². The number of nitrogens with two attached hydrogens (primary N) is 1. The number of benzene rings is 1. The number of amides is 3. The third-order valence-corrected chi connectivity index (χ3v) is 3.17. The minimum absolute atomic E-state index is 0.0211. The Kier molecular flexibility index (Phi) is 4.46. The molecule has 0 fully saturated rings. The third-order valence-electron chi connectivity index (χ3n) is 3.17. The van der Waals surface area contributed by atoms with Crippen molar-refractivity contribution in [3.63, 3.8) is 0 Å². The molecule has 7 nitrogen and oxygen atoms in total. The number of hydrogen-bond donors (Lipinski definition) is 3. The number of hydrogen-bond acceptors (Lipinski definition) is 4. The highest BCUT2D eigenvalue weighted by atomic mass is 16.2. The van der Waals surface area contributed by atoms with E-state index in [9.17, 15) is 9.59 Å². The molecule has 4 N–H and O–H groups in total. The molecule has 1 aliphatic heterocycles. The lowest BCUT2D eigenvalue weighted by Gasteiger charge is -2.23. The zero-order valence-corrected chi connectivity index (χ0v) is 13.0. The van der Waals surface area contributed by atoms with Gasteiger partial charge < -0.3 is 16.0 Å². The molecule has 0 spiro atoms. The Morgan fingerprint density at radius 3 is 2.64 bits per heavy atom. The van der Waals surface area contributed by atoms with Gasteiger partial charge in [0.15, 0.2) is 5.71 Å². The highest BCUT2D eigenvalue weighted by Crippen LogP contribution is 2.28. The number of para-hydroxylation sites is 1. The fraction of sp³-hybridized carbons (Fsp3) is 0.400. The van der Waals surface area contributed by atoms with Crippen LogP contribution in [0.15, 0.2) is 29.4 Å². The Morgan fingerprint density at radius 2 is 2.00 bits per heavy atom. The molecule has 22 heavy (non-hydrogen) atoms. The third kappa shape index (κ3) is 3.62. The van der Waals surface area contributed by atoms with Crippen molar-refractivity contribution in [2.24, 2.45) is 10.8 Å². The lowest BCUT2D eigenvalue weighted by molar-refractivity contribution is -0.112. The van der Waals surface area contributed by atoms with Crippen LogP contribution in [0.25, 0.3) is 0 Å². The molecule has 2 rings (SSSR count). The topological polar surface area (TPSA) is 99.8 Å². The lowest BCUT2D eigenvalue weighted by Crippen LogP contribution is -2.43. The number of nitrogens with one attached hydrogen (secondary N) is 2. The van der Waals surface area contributed by atoms with Gasteiger partial charge in [0.05, 0.1) is 5.69 Å². The summed E-state index contributed by atoms with van der Waals surface area (Å²) in [6.45, 7) is 7.37. The molecule has 0 unspecified atom stereocenters. The molecule has 3 amide bonds. The number of rotatable bonds is 4. The zero-order valence-electron chi connectivity index (χ0n) is 13.0. The van der Waals surface area contributed by atoms with Crippen molar-refractivity contribution >= 4 is 23.3 Å². The predicted octanol–water partition coefficient (Wildman–Crippen LogP) is 0.794. The summed E-state index contributed by atoms with van der Waals surface area (Å²) >= 11 is 0. The molecule has 0 bridgehead atoms. The first-order chi connectivity index (χ1) is 10.3. The van der Waals surface area contributed by atoms with Gasteiger partial charge in [-0.1, -0.05) is 18.2 Å². The van der Waals surface area contributed by atoms with Crippen LogP contribution in [0.1, 0.15) is 26.3 Å². The Balaban J connectivity index is 2.20. The lowest BCUT2D eigenvalue weighted by atomic mass is 10.1. The second kappa shape index (κ2) is 6.15. The Bertz CT molecular complexity index is 619. The number of nitrogens with zero attached hydrogens (tertiary/aromatic N) is 2. The summed E-state index contributed by atoms with van der Waals surface area (Å²) in [5.74, 6) is -0.245. The van der Waals surface area contributed by atoms with Crippen molar-refractivity contribution < 1.29 is 9.59 Å². The van der Waals surface area contributed by atoms with Crippen LogP contribution in [0.2, 0.25) is 0 Å². The number of carbonyl (C=O) groups is 2. The SMILES string of the molecule is CC(C)(C)NCCN1C(=O)/C(=N/NC(N)=O)c2ccccc21. The van der Waals surface area contributed by atoms with E-state index in [1.54, 1.807) is 11.0 Å². The molecule has 1 aromatic carbocycles. The summed E-state index contributed by atoms with van der Waals surface area (Å²) < 4.78 is 0. The molecule has 0 radical (unpaired) electrons. The summed E-state index contributed by atoms with van der Waals surface area (Å²) in [5, 5.41) is 7.17. The average Bonchev–Trinajstić information content (AvgIpc) is 2.68. The normalized spacial score (nSPS) is 16.0. The van der Waals surface area contributed by atoms with E-state index in [1.165, 1.54) is 0 Å². The van der Waals surface area contributed by atoms with E-state index in [2.05, 4.69) is 36.6 Å². The van der Waals surface area contributed by atoms with Crippen molar-refractivity contribution in [1.82, 2.24) is 10.7 Å². The van der Waals surface area contributed by atoms with Crippen LogP contribution < -0.4 is 21.4 Å². The number of anilines is 1. The van der Waals surface area contributed by atoms with E-state index < -0.39 is 6.03 Å². The van der Waals surface area contributed by atoms with Crippen LogP contribution in [0.5, 0.6) is 0 Å². The summed E-state index contributed by atoms with van der Waals surface area (Å²) in [6.07, 6.45) is 0. The van der Waals surface area contributed by atoms with Crippen LogP contribution in [0.4, 0.5) is 10.5 Å². The fourth-order valence-corrected chi connectivity index (χ4v) is 2.25. The fourth-order valence-electron chi connectivity index (χ4n) is 2.25. The van der Waals surface area contributed by atoms with Gasteiger partial charge >= 0.3 is 6.03 Å². The predicted molar refractivity (Wildman–Crippen MR) is 85.8 cm³/mol. The molecule has 0 saturated carbocycles. The first kappa shape index (κ1) is 16.0. The van der Waals surface area contributed by atoms with Gasteiger partial charge in [0, 0.05) is 24.2 Å². The number of primary amides is 1. The van der Waals surface area contributed by atoms with Crippen molar-refractivity contribution in [3.8, 4) is 0 Å². The minimum atomic E-state index is -0.800. The summed E-state index contributed by atoms with van der Waals surface area (Å²) in [5.41, 5.74) is 8.79. The van der Waals surface area contributed by atoms with E-state index in [0.29, 0.717) is 18.7 Å². The second-order valence-electron chi connectivity index (χ2n) is 6.09. The van der Waals surface area contributed by atoms with Gasteiger partial charge in [0.25, 0.3) is 5.91 Å². The minimum Gasteiger partial charge on any atom is -0.350 e. The molecule has 118 valence electrons. The molecular formula is C15H21N5O2. The van der Waals surface area contributed by atoms with E-state index in [4.69, 9.17) is 5.73 Å². The molecule has 0 aromatic heterocycles. The second-order valence-corrected chi connectivity index (χ2v) is 6.09. The summed E-state index contributed by atoms with van der Waals surface area (Å²) in [7, 11) is 0. The Labute approximate surface area is 129 Å². The smallest absolute Gasteiger partial charge is 0.332 e. The highest BCUT2D eigenvalue weighted by Gasteiger charge is 2.33. The number of urea groups is 1. The van der Waals surface area contributed by atoms with Crippen LogP contribution in [-0.4, -0.2) is 36.3 Å². The molecule has 0 atom stereocenters. The number of carbonyl (C=O) groups excluding carboxylic acids is 2. The first-order valence-corrected chi connectivity index (χ1v) is 7.09. The number of hydrazone groups is 1. The van der Waals surface area contributed by atoms with Gasteiger partial charge in [-0.3, -0.25) is 4.79 Å². The monoisotopic (exact) mass is 303 g/mol. The molecule has 1 aromatic rings. The molecule has 1 aliphatic rings. The van der Waals surface area contributed by atoms with Crippen molar-refractivity contribution in [3.05, 3.63) is 29.8 Å². The maximum atomic E-state index is 12.5. The Hall–Kier alpha value is -2.41. The van der Waals surface area contributed by atoms with Crippen LogP contribution in [0.3, 0.4) is 0 Å². The van der Waals surface area contributed by atoms with Gasteiger partial charge in [-0.15, -0.1) is 0 Å². The maximum absolute atomic E-state index is 12.5. The molecular weight excluding hydrogens is 282 g/mol. The Morgan fingerprint density at radius 1 is 1.32 bits per heavy atom. The van der Waals surface area contributed by atoms with Gasteiger partial charge in [-0.25, -0.2) is 10.2 Å². The largest absolute Gasteiger partial charge is 0.350 e. The summed E-state index contributed by atoms with van der Waals surface area (Å²) in [6, 6.07) is 6.54. The summed E-state index contributed by atoms with van der Waals surface area (Å²) in [4.78, 5) is 25.0. The van der Waals surface area contributed by atoms with Crippen LogP contribution >= 0.6 is 0 Å². The van der Waals surface area contributed by atoms with Crippen molar-refractivity contribution in [2.45, 2.75) is 26.3 Å². The zero-order chi connectivity index (χ0) is 16.3. The standard InChI is InChI=1S/C15H21N5O2/c1-15(2,3)17-8-9-20-11-7-5-4-6-10(11)12(13(20)21)18-19-14(16)22/h4-7,17H,8-9H2,1-3H3,(H3,16,19,22)/b18-12+.